The molecule has 0 spiro atoms. The quantitative estimate of drug-likeness (QED) is 0.756. The van der Waals surface area contributed by atoms with Crippen molar-refractivity contribution in [1.82, 2.24) is 15.1 Å². The molecule has 0 bridgehead atoms. The summed E-state index contributed by atoms with van der Waals surface area (Å²) in [7, 11) is 1.88. The summed E-state index contributed by atoms with van der Waals surface area (Å²) in [5, 5.41) is 7.07. The summed E-state index contributed by atoms with van der Waals surface area (Å²) in [6, 6.07) is 1.54. The second-order valence-electron chi connectivity index (χ2n) is 4.76. The minimum Gasteiger partial charge on any atom is -0.354 e. The lowest BCUT2D eigenvalue weighted by molar-refractivity contribution is -0.122. The lowest BCUT2D eigenvalue weighted by atomic mass is 10.0. The van der Waals surface area contributed by atoms with Gasteiger partial charge in [-0.1, -0.05) is 13.8 Å². The number of nitrogens with zero attached hydrogens (tertiary/aromatic N) is 2. The first kappa shape index (κ1) is 13.7. The van der Waals surface area contributed by atoms with Crippen molar-refractivity contribution in [2.24, 2.45) is 18.7 Å². The van der Waals surface area contributed by atoms with Crippen molar-refractivity contribution in [3.8, 4) is 0 Å². The molecule has 3 N–H and O–H groups in total. The smallest absolute Gasteiger partial charge is 0.236 e. The van der Waals surface area contributed by atoms with Gasteiger partial charge in [-0.3, -0.25) is 9.48 Å². The molecule has 0 fully saturated rings. The fraction of sp³-hybridized carbons (Fsp3) is 0.667. The standard InChI is InChI=1S/C12H22N4O/c1-9(2)8-11(13)12(17)14-6-4-10-5-7-16(3)15-10/h5,7,9,11H,4,6,8,13H2,1-3H3,(H,14,17)/t11-/m0/s1. The molecule has 0 aromatic carbocycles. The lowest BCUT2D eigenvalue weighted by Gasteiger charge is -2.13. The average molecular weight is 238 g/mol. The Hall–Kier alpha value is -1.36. The van der Waals surface area contributed by atoms with Crippen LogP contribution in [0.5, 0.6) is 0 Å². The van der Waals surface area contributed by atoms with E-state index >= 15 is 0 Å². The van der Waals surface area contributed by atoms with Gasteiger partial charge in [0.1, 0.15) is 0 Å². The summed E-state index contributed by atoms with van der Waals surface area (Å²) in [6.07, 6.45) is 3.35. The molecule has 1 aromatic rings. The van der Waals surface area contributed by atoms with Crippen LogP contribution in [0.3, 0.4) is 0 Å². The molecular weight excluding hydrogens is 216 g/mol. The Balaban J connectivity index is 2.24. The molecular formula is C12H22N4O. The number of hydrogen-bond acceptors (Lipinski definition) is 3. The molecule has 0 saturated heterocycles. The first-order chi connectivity index (χ1) is 7.99. The molecule has 1 atom stereocenters. The van der Waals surface area contributed by atoms with E-state index in [1.54, 1.807) is 4.68 Å². The zero-order valence-electron chi connectivity index (χ0n) is 10.8. The molecule has 1 rings (SSSR count). The van der Waals surface area contributed by atoms with Crippen LogP contribution in [0.25, 0.3) is 0 Å². The van der Waals surface area contributed by atoms with Crippen molar-refractivity contribution in [3.63, 3.8) is 0 Å². The summed E-state index contributed by atoms with van der Waals surface area (Å²) in [6.45, 7) is 4.70. The highest BCUT2D eigenvalue weighted by atomic mass is 16.2. The van der Waals surface area contributed by atoms with E-state index in [1.165, 1.54) is 0 Å². The fourth-order valence-corrected chi connectivity index (χ4v) is 1.66. The van der Waals surface area contributed by atoms with Gasteiger partial charge in [-0.25, -0.2) is 0 Å². The summed E-state index contributed by atoms with van der Waals surface area (Å²) < 4.78 is 1.75. The van der Waals surface area contributed by atoms with Crippen LogP contribution in [-0.4, -0.2) is 28.3 Å². The van der Waals surface area contributed by atoms with E-state index in [1.807, 2.05) is 19.3 Å². The first-order valence-electron chi connectivity index (χ1n) is 6.01. The highest BCUT2D eigenvalue weighted by molar-refractivity contribution is 5.81. The van der Waals surface area contributed by atoms with Crippen molar-refractivity contribution in [2.75, 3.05) is 6.54 Å². The molecule has 1 amide bonds. The fourth-order valence-electron chi connectivity index (χ4n) is 1.66. The predicted molar refractivity (Wildman–Crippen MR) is 67.4 cm³/mol. The molecule has 0 aliphatic rings. The van der Waals surface area contributed by atoms with Gasteiger partial charge in [0.25, 0.3) is 0 Å². The Labute approximate surface area is 102 Å². The first-order valence-corrected chi connectivity index (χ1v) is 6.01. The van der Waals surface area contributed by atoms with Gasteiger partial charge in [0, 0.05) is 26.2 Å². The number of rotatable bonds is 6. The summed E-state index contributed by atoms with van der Waals surface area (Å²) in [5.74, 6) is 0.362. The summed E-state index contributed by atoms with van der Waals surface area (Å²) in [4.78, 5) is 11.6. The van der Waals surface area contributed by atoms with Crippen LogP contribution >= 0.6 is 0 Å². The molecule has 96 valence electrons. The Morgan fingerprint density at radius 3 is 2.82 bits per heavy atom. The van der Waals surface area contributed by atoms with E-state index in [0.29, 0.717) is 12.5 Å². The van der Waals surface area contributed by atoms with Crippen LogP contribution in [-0.2, 0) is 18.3 Å². The maximum atomic E-state index is 11.6. The third-order valence-electron chi connectivity index (χ3n) is 2.51. The van der Waals surface area contributed by atoms with E-state index in [0.717, 1.165) is 18.5 Å². The lowest BCUT2D eigenvalue weighted by Crippen LogP contribution is -2.42. The summed E-state index contributed by atoms with van der Waals surface area (Å²) >= 11 is 0. The second-order valence-corrected chi connectivity index (χ2v) is 4.76. The normalized spacial score (nSPS) is 12.8. The van der Waals surface area contributed by atoms with Crippen molar-refractivity contribution in [3.05, 3.63) is 18.0 Å². The second kappa shape index (κ2) is 6.39. The van der Waals surface area contributed by atoms with E-state index in [-0.39, 0.29) is 5.91 Å². The molecule has 1 heterocycles. The van der Waals surface area contributed by atoms with E-state index in [9.17, 15) is 4.79 Å². The van der Waals surface area contributed by atoms with Gasteiger partial charge in [-0.2, -0.15) is 5.10 Å². The molecule has 17 heavy (non-hydrogen) atoms. The number of carbonyl (C=O) groups is 1. The minimum absolute atomic E-state index is 0.0744. The Bertz CT molecular complexity index is 359. The van der Waals surface area contributed by atoms with Crippen LogP contribution in [0.2, 0.25) is 0 Å². The highest BCUT2D eigenvalue weighted by Gasteiger charge is 2.14. The summed E-state index contributed by atoms with van der Waals surface area (Å²) in [5.41, 5.74) is 6.75. The predicted octanol–water partition coefficient (Wildman–Crippen LogP) is 0.452. The van der Waals surface area contributed by atoms with Gasteiger partial charge < -0.3 is 11.1 Å². The number of aromatic nitrogens is 2. The third kappa shape index (κ3) is 4.99. The number of nitrogens with two attached hydrogens (primary N) is 1. The molecule has 0 aliphatic carbocycles. The number of nitrogens with one attached hydrogen (secondary N) is 1. The van der Waals surface area contributed by atoms with Gasteiger partial charge in [-0.15, -0.1) is 0 Å². The van der Waals surface area contributed by atoms with Crippen LogP contribution in [0.4, 0.5) is 0 Å². The maximum absolute atomic E-state index is 11.6. The van der Waals surface area contributed by atoms with Crippen molar-refractivity contribution >= 4 is 5.91 Å². The zero-order chi connectivity index (χ0) is 12.8. The Morgan fingerprint density at radius 2 is 2.29 bits per heavy atom. The van der Waals surface area contributed by atoms with Gasteiger partial charge in [-0.05, 0) is 18.4 Å². The van der Waals surface area contributed by atoms with Crippen LogP contribution in [0.15, 0.2) is 12.3 Å². The van der Waals surface area contributed by atoms with Crippen LogP contribution < -0.4 is 11.1 Å². The SMILES string of the molecule is CC(C)C[C@H](N)C(=O)NCCc1ccn(C)n1. The average Bonchev–Trinajstić information content (AvgIpc) is 2.63. The van der Waals surface area contributed by atoms with Crippen LogP contribution in [0.1, 0.15) is 26.0 Å². The zero-order valence-corrected chi connectivity index (χ0v) is 10.8. The van der Waals surface area contributed by atoms with Crippen molar-refractivity contribution in [1.29, 1.82) is 0 Å². The largest absolute Gasteiger partial charge is 0.354 e. The van der Waals surface area contributed by atoms with Gasteiger partial charge in [0.2, 0.25) is 5.91 Å². The van der Waals surface area contributed by atoms with Gasteiger partial charge in [0.15, 0.2) is 0 Å². The molecule has 0 saturated carbocycles. The minimum atomic E-state index is -0.404. The maximum Gasteiger partial charge on any atom is 0.236 e. The topological polar surface area (TPSA) is 72.9 Å². The van der Waals surface area contributed by atoms with Gasteiger partial charge >= 0.3 is 0 Å². The number of amides is 1. The van der Waals surface area contributed by atoms with Crippen LogP contribution in [0, 0.1) is 5.92 Å². The molecule has 5 heteroatoms. The Morgan fingerprint density at radius 1 is 1.59 bits per heavy atom. The monoisotopic (exact) mass is 238 g/mol. The Kier molecular flexibility index (Phi) is 5.15. The van der Waals surface area contributed by atoms with E-state index < -0.39 is 6.04 Å². The van der Waals surface area contributed by atoms with E-state index in [2.05, 4.69) is 24.3 Å². The number of hydrogen-bond donors (Lipinski definition) is 2. The number of carbonyl (C=O) groups excluding carboxylic acids is 1. The molecule has 1 aromatic heterocycles. The third-order valence-corrected chi connectivity index (χ3v) is 2.51. The van der Waals surface area contributed by atoms with Crippen molar-refractivity contribution in [2.45, 2.75) is 32.7 Å². The number of aryl methyl sites for hydroxylation is 1. The molecule has 0 unspecified atom stereocenters. The molecule has 0 radical (unpaired) electrons. The molecule has 5 nitrogen and oxygen atoms in total. The van der Waals surface area contributed by atoms with Gasteiger partial charge in [0.05, 0.1) is 11.7 Å². The van der Waals surface area contributed by atoms with E-state index in [4.69, 9.17) is 5.73 Å². The molecule has 0 aliphatic heterocycles. The van der Waals surface area contributed by atoms with Crippen molar-refractivity contribution < 1.29 is 4.79 Å². The highest BCUT2D eigenvalue weighted by Crippen LogP contribution is 2.02.